The van der Waals surface area contributed by atoms with E-state index < -0.39 is 0 Å². The second-order valence-electron chi connectivity index (χ2n) is 29.7. The highest BCUT2D eigenvalue weighted by Crippen LogP contribution is 2.50. The zero-order valence-corrected chi connectivity index (χ0v) is 60.4. The maximum absolute atomic E-state index is 6.96. The molecule has 0 radical (unpaired) electrons. The van der Waals surface area contributed by atoms with Gasteiger partial charge in [-0.15, -0.1) is 0 Å². The first-order chi connectivity index (χ1) is 55.6. The molecular formula is C106H62N4O2. The molecule has 6 heteroatoms. The van der Waals surface area contributed by atoms with Crippen LogP contribution in [0.1, 0.15) is 0 Å². The van der Waals surface area contributed by atoms with Crippen molar-refractivity contribution in [1.29, 1.82) is 0 Å². The number of nitrogens with zero attached hydrogens (tertiary/aromatic N) is 4. The van der Waals surface area contributed by atoms with Gasteiger partial charge in [-0.25, -0.2) is 9.97 Å². The van der Waals surface area contributed by atoms with Crippen molar-refractivity contribution in [2.45, 2.75) is 0 Å². The van der Waals surface area contributed by atoms with Gasteiger partial charge in [-0.1, -0.05) is 303 Å². The summed E-state index contributed by atoms with van der Waals surface area (Å²) in [5, 5.41) is 23.6. The lowest BCUT2D eigenvalue weighted by molar-refractivity contribution is 0.672. The summed E-state index contributed by atoms with van der Waals surface area (Å²) in [6, 6.07) is 137. The third-order valence-corrected chi connectivity index (χ3v) is 23.7. The Labute approximate surface area is 641 Å². The molecule has 6 nitrogen and oxygen atoms in total. The molecule has 4 heterocycles. The molecular weight excluding hydrogens is 1360 g/mol. The molecule has 20 aromatic carbocycles. The zero-order valence-electron chi connectivity index (χ0n) is 60.4. The van der Waals surface area contributed by atoms with Crippen LogP contribution in [0.25, 0.3) is 242 Å². The van der Waals surface area contributed by atoms with Crippen LogP contribution in [-0.2, 0) is 0 Å². The quantitative estimate of drug-likeness (QED) is 0.107. The highest BCUT2D eigenvalue weighted by Gasteiger charge is 2.25. The first-order valence-electron chi connectivity index (χ1n) is 38.3. The van der Waals surface area contributed by atoms with Crippen LogP contribution in [0.4, 0.5) is 0 Å². The van der Waals surface area contributed by atoms with Gasteiger partial charge in [0.25, 0.3) is 0 Å². The molecule has 0 aliphatic rings. The number of furan rings is 2. The minimum Gasteiger partial charge on any atom is -0.455 e. The van der Waals surface area contributed by atoms with Gasteiger partial charge in [0.1, 0.15) is 34.0 Å². The molecule has 0 fully saturated rings. The Hall–Kier alpha value is -15.0. The number of hydrogen-bond donors (Lipinski definition) is 0. The Morgan fingerprint density at radius 3 is 0.795 bits per heavy atom. The molecule has 0 spiro atoms. The van der Waals surface area contributed by atoms with E-state index in [1.165, 1.54) is 97.7 Å². The Bertz CT molecular complexity index is 7980. The van der Waals surface area contributed by atoms with E-state index in [9.17, 15) is 0 Å². The van der Waals surface area contributed by atoms with Gasteiger partial charge in [-0.05, 0) is 204 Å². The lowest BCUT2D eigenvalue weighted by atomic mass is 9.85. The monoisotopic (exact) mass is 1420 g/mol. The highest BCUT2D eigenvalue weighted by molar-refractivity contribution is 6.33. The van der Waals surface area contributed by atoms with Crippen LogP contribution in [0.15, 0.2) is 385 Å². The molecule has 24 rings (SSSR count). The molecule has 24 aromatic rings. The van der Waals surface area contributed by atoms with Crippen molar-refractivity contribution in [2.24, 2.45) is 0 Å². The molecule has 0 atom stereocenters. The van der Waals surface area contributed by atoms with Crippen LogP contribution >= 0.6 is 0 Å². The summed E-state index contributed by atoms with van der Waals surface area (Å²) in [5.74, 6) is 1.76. The molecule has 0 amide bonds. The molecule has 0 aliphatic carbocycles. The van der Waals surface area contributed by atoms with Crippen molar-refractivity contribution in [2.75, 3.05) is 0 Å². The van der Waals surface area contributed by atoms with Gasteiger partial charge in [0.2, 0.25) is 0 Å². The first kappa shape index (κ1) is 62.1. The van der Waals surface area contributed by atoms with Crippen molar-refractivity contribution in [1.82, 2.24) is 19.1 Å². The van der Waals surface area contributed by atoms with E-state index in [1.54, 1.807) is 0 Å². The second kappa shape index (κ2) is 24.3. The third-order valence-electron chi connectivity index (χ3n) is 23.7. The number of hydrogen-bond acceptors (Lipinski definition) is 4. The van der Waals surface area contributed by atoms with Crippen LogP contribution in [0, 0.1) is 0 Å². The van der Waals surface area contributed by atoms with E-state index >= 15 is 0 Å². The minimum atomic E-state index is 0.878. The maximum Gasteiger partial charge on any atom is 0.145 e. The summed E-state index contributed by atoms with van der Waals surface area (Å²) in [5.41, 5.74) is 23.2. The van der Waals surface area contributed by atoms with Gasteiger partial charge < -0.3 is 8.83 Å². The Morgan fingerprint density at radius 2 is 0.438 bits per heavy atom. The summed E-state index contributed by atoms with van der Waals surface area (Å²) in [4.78, 5) is 10.7. The van der Waals surface area contributed by atoms with E-state index in [1.807, 2.05) is 0 Å². The van der Waals surface area contributed by atoms with Crippen molar-refractivity contribution in [3.63, 3.8) is 0 Å². The van der Waals surface area contributed by atoms with Gasteiger partial charge in [-0.2, -0.15) is 0 Å². The number of rotatable bonds is 9. The van der Waals surface area contributed by atoms with E-state index in [4.69, 9.17) is 18.8 Å². The highest BCUT2D eigenvalue weighted by atomic mass is 16.3. The summed E-state index contributed by atoms with van der Waals surface area (Å²) in [6.07, 6.45) is 0. The molecule has 4 aromatic heterocycles. The van der Waals surface area contributed by atoms with Gasteiger partial charge in [0.15, 0.2) is 0 Å². The largest absolute Gasteiger partial charge is 0.455 e. The van der Waals surface area contributed by atoms with Crippen molar-refractivity contribution < 1.29 is 8.83 Å². The molecule has 112 heavy (non-hydrogen) atoms. The predicted octanol–water partition coefficient (Wildman–Crippen LogP) is 29.1. The van der Waals surface area contributed by atoms with Gasteiger partial charge >= 0.3 is 0 Å². The SMILES string of the molecule is c1ccc2c(c1)nc(-c1ccc(-c3c4ccccc4c(-c4ccc5c(c4)oc4c6ccccc6c6ccccc6c54)c4ccccc34)cc1)n2-c1ccc(-c2ccc(-c3nc4ccccc4n3-c3ccc(-c4c5ccccc5c(-c5ccc6c(c5)oc5c7ccccc7c7ccccc7c65)c5ccccc45)cc3)cc2)cc1. The van der Waals surface area contributed by atoms with Crippen LogP contribution in [0.2, 0.25) is 0 Å². The topological polar surface area (TPSA) is 61.9 Å². The molecule has 0 N–H and O–H groups in total. The molecule has 0 bridgehead atoms. The molecule has 0 aliphatic heterocycles. The number of benzene rings is 20. The van der Waals surface area contributed by atoms with Gasteiger partial charge in [-0.3, -0.25) is 9.13 Å². The lowest BCUT2D eigenvalue weighted by Gasteiger charge is -2.18. The average Bonchev–Trinajstić information content (AvgIpc) is 1.64. The van der Waals surface area contributed by atoms with Crippen LogP contribution in [0.5, 0.6) is 0 Å². The summed E-state index contributed by atoms with van der Waals surface area (Å²) < 4.78 is 18.5. The number of imidazole rings is 2. The molecule has 0 saturated heterocycles. The number of aromatic nitrogens is 4. The Kier molecular flexibility index (Phi) is 13.5. The first-order valence-corrected chi connectivity index (χ1v) is 38.3. The van der Waals surface area contributed by atoms with E-state index in [0.717, 1.165) is 144 Å². The summed E-state index contributed by atoms with van der Waals surface area (Å²) in [7, 11) is 0. The van der Waals surface area contributed by atoms with E-state index in [0.29, 0.717) is 0 Å². The normalized spacial score (nSPS) is 12.1. The standard InChI is InChI=1S/C106H62N4O2/c1-5-25-77-73(21-1)75-23-3-15-35-87(75)103-101(77)89-59-53-69(61-95(89)111-103)99-83-31-11-7-27-79(83)97(80-28-8-12-32-84(80)99)65-43-47-68(48-44-65)106-108-91-37-17-19-39-93(91)109(106)71-55-49-64(50-56-71)63-41-45-67(46-42-63)105-107-92-38-18-20-40-94(92)110(105)72-57-51-66(52-58-72)98-81-29-9-13-33-85(81)100(86-34-14-10-30-82(86)98)70-54-60-90-96(62-70)112-104-88-36-16-4-24-76(88)74-22-2-6-26-78(74)102(90)104/h1-62H. The smallest absolute Gasteiger partial charge is 0.145 e. The van der Waals surface area contributed by atoms with Crippen LogP contribution in [0.3, 0.4) is 0 Å². The number of fused-ring (bicyclic) bond motifs is 22. The summed E-state index contributed by atoms with van der Waals surface area (Å²) >= 11 is 0. The van der Waals surface area contributed by atoms with Gasteiger partial charge in [0.05, 0.1) is 22.1 Å². The fourth-order valence-corrected chi connectivity index (χ4v) is 18.8. The number of para-hydroxylation sites is 4. The van der Waals surface area contributed by atoms with Crippen molar-refractivity contribution >= 4 is 152 Å². The van der Waals surface area contributed by atoms with Crippen molar-refractivity contribution in [3.8, 4) is 89.8 Å². The fraction of sp³-hybridized carbons (Fsp3) is 0. The molecule has 0 unspecified atom stereocenters. The van der Waals surface area contributed by atoms with Crippen molar-refractivity contribution in [3.05, 3.63) is 376 Å². The van der Waals surface area contributed by atoms with Gasteiger partial charge in [0, 0.05) is 54.8 Å². The maximum atomic E-state index is 6.96. The Morgan fingerprint density at radius 1 is 0.188 bits per heavy atom. The average molecular weight is 1420 g/mol. The second-order valence-corrected chi connectivity index (χ2v) is 29.7. The van der Waals surface area contributed by atoms with Crippen LogP contribution in [-0.4, -0.2) is 19.1 Å². The van der Waals surface area contributed by atoms with E-state index in [2.05, 4.69) is 385 Å². The lowest BCUT2D eigenvalue weighted by Crippen LogP contribution is -1.98. The zero-order chi connectivity index (χ0) is 73.2. The third kappa shape index (κ3) is 9.27. The molecule has 518 valence electrons. The predicted molar refractivity (Wildman–Crippen MR) is 468 cm³/mol. The minimum absolute atomic E-state index is 0.878. The fourth-order valence-electron chi connectivity index (χ4n) is 18.8. The van der Waals surface area contributed by atoms with E-state index in [-0.39, 0.29) is 0 Å². The Balaban J connectivity index is 0.541. The summed E-state index contributed by atoms with van der Waals surface area (Å²) in [6.45, 7) is 0. The molecule has 0 saturated carbocycles. The van der Waals surface area contributed by atoms with Crippen LogP contribution < -0.4 is 0 Å².